The second kappa shape index (κ2) is 5.71. The van der Waals surface area contributed by atoms with Crippen molar-refractivity contribution < 1.29 is 4.52 Å². The van der Waals surface area contributed by atoms with Gasteiger partial charge in [0.2, 0.25) is 11.7 Å². The predicted molar refractivity (Wildman–Crippen MR) is 78.0 cm³/mol. The first kappa shape index (κ1) is 14.7. The summed E-state index contributed by atoms with van der Waals surface area (Å²) in [5, 5.41) is 4.02. The fraction of sp³-hybridized carbons (Fsp3) is 0.533. The number of aryl methyl sites for hydroxylation is 1. The summed E-state index contributed by atoms with van der Waals surface area (Å²) < 4.78 is 5.29. The zero-order valence-electron chi connectivity index (χ0n) is 12.6. The Morgan fingerprint density at radius 1 is 1.35 bits per heavy atom. The van der Waals surface area contributed by atoms with Gasteiger partial charge in [-0.25, -0.2) is 0 Å². The lowest BCUT2D eigenvalue weighted by atomic mass is 9.87. The van der Waals surface area contributed by atoms with Gasteiger partial charge in [-0.1, -0.05) is 25.9 Å². The SMILES string of the molecule is Cc1ccncc1-c1noc(CC(N)CC(C)(C)C)n1. The van der Waals surface area contributed by atoms with Crippen LogP contribution in [0.15, 0.2) is 23.0 Å². The molecule has 2 rings (SSSR count). The molecule has 0 aliphatic carbocycles. The van der Waals surface area contributed by atoms with Crippen molar-refractivity contribution in [2.24, 2.45) is 11.1 Å². The van der Waals surface area contributed by atoms with Crippen LogP contribution in [0.4, 0.5) is 0 Å². The lowest BCUT2D eigenvalue weighted by molar-refractivity contribution is 0.313. The molecule has 108 valence electrons. The van der Waals surface area contributed by atoms with Crippen molar-refractivity contribution in [1.29, 1.82) is 0 Å². The van der Waals surface area contributed by atoms with E-state index in [1.54, 1.807) is 12.4 Å². The average molecular weight is 274 g/mol. The fourth-order valence-electron chi connectivity index (χ4n) is 2.23. The quantitative estimate of drug-likeness (QED) is 0.927. The summed E-state index contributed by atoms with van der Waals surface area (Å²) in [7, 11) is 0. The summed E-state index contributed by atoms with van der Waals surface area (Å²) in [5.41, 5.74) is 8.30. The van der Waals surface area contributed by atoms with Gasteiger partial charge in [0, 0.05) is 30.4 Å². The van der Waals surface area contributed by atoms with Crippen LogP contribution in [-0.2, 0) is 6.42 Å². The summed E-state index contributed by atoms with van der Waals surface area (Å²) in [6, 6.07) is 1.95. The molecule has 0 amide bonds. The number of nitrogens with zero attached hydrogens (tertiary/aromatic N) is 3. The minimum Gasteiger partial charge on any atom is -0.339 e. The normalized spacial score (nSPS) is 13.4. The smallest absolute Gasteiger partial charge is 0.228 e. The van der Waals surface area contributed by atoms with Crippen LogP contribution in [0.2, 0.25) is 0 Å². The Balaban J connectivity index is 2.08. The summed E-state index contributed by atoms with van der Waals surface area (Å²) in [6.45, 7) is 8.51. The van der Waals surface area contributed by atoms with E-state index in [1.165, 1.54) is 0 Å². The van der Waals surface area contributed by atoms with Crippen molar-refractivity contribution in [3.63, 3.8) is 0 Å². The molecule has 0 aliphatic rings. The van der Waals surface area contributed by atoms with E-state index >= 15 is 0 Å². The van der Waals surface area contributed by atoms with Crippen molar-refractivity contribution in [2.75, 3.05) is 0 Å². The maximum atomic E-state index is 6.13. The molecule has 5 nitrogen and oxygen atoms in total. The molecule has 20 heavy (non-hydrogen) atoms. The molecule has 0 fully saturated rings. The van der Waals surface area contributed by atoms with Crippen molar-refractivity contribution in [3.05, 3.63) is 29.9 Å². The highest BCUT2D eigenvalue weighted by Gasteiger charge is 2.19. The standard InChI is InChI=1S/C15H22N4O/c1-10-5-6-17-9-12(10)14-18-13(20-19-14)7-11(16)8-15(2,3)4/h5-6,9,11H,7-8,16H2,1-4H3. The Morgan fingerprint density at radius 3 is 2.75 bits per heavy atom. The van der Waals surface area contributed by atoms with Gasteiger partial charge in [-0.3, -0.25) is 4.98 Å². The molecule has 0 aliphatic heterocycles. The summed E-state index contributed by atoms with van der Waals surface area (Å²) in [4.78, 5) is 8.51. The molecule has 5 heteroatoms. The third-order valence-corrected chi connectivity index (χ3v) is 3.06. The molecule has 1 atom stereocenters. The number of pyridine rings is 1. The number of aromatic nitrogens is 3. The molecule has 2 aromatic heterocycles. The molecule has 2 aromatic rings. The Labute approximate surface area is 119 Å². The lowest BCUT2D eigenvalue weighted by Gasteiger charge is -2.21. The van der Waals surface area contributed by atoms with Gasteiger partial charge in [0.05, 0.1) is 0 Å². The van der Waals surface area contributed by atoms with Gasteiger partial charge >= 0.3 is 0 Å². The van der Waals surface area contributed by atoms with Crippen LogP contribution in [-0.4, -0.2) is 21.2 Å². The molecule has 0 bridgehead atoms. The van der Waals surface area contributed by atoms with Crippen LogP contribution >= 0.6 is 0 Å². The van der Waals surface area contributed by atoms with Crippen LogP contribution in [0.25, 0.3) is 11.4 Å². The predicted octanol–water partition coefficient (Wildman–Crippen LogP) is 2.75. The van der Waals surface area contributed by atoms with Crippen molar-refractivity contribution >= 4 is 0 Å². The number of nitrogens with two attached hydrogens (primary N) is 1. The lowest BCUT2D eigenvalue weighted by Crippen LogP contribution is -2.28. The number of hydrogen-bond donors (Lipinski definition) is 1. The largest absolute Gasteiger partial charge is 0.339 e. The molecule has 2 heterocycles. The number of hydrogen-bond acceptors (Lipinski definition) is 5. The highest BCUT2D eigenvalue weighted by Crippen LogP contribution is 2.22. The number of rotatable bonds is 4. The summed E-state index contributed by atoms with van der Waals surface area (Å²) >= 11 is 0. The monoisotopic (exact) mass is 274 g/mol. The topological polar surface area (TPSA) is 77.8 Å². The third-order valence-electron chi connectivity index (χ3n) is 3.06. The Hall–Kier alpha value is -1.75. The second-order valence-electron chi connectivity index (χ2n) is 6.43. The molecule has 0 aromatic carbocycles. The van der Waals surface area contributed by atoms with Gasteiger partial charge in [-0.05, 0) is 30.4 Å². The van der Waals surface area contributed by atoms with E-state index in [-0.39, 0.29) is 11.5 Å². The first-order valence-corrected chi connectivity index (χ1v) is 6.84. The maximum Gasteiger partial charge on any atom is 0.228 e. The minimum absolute atomic E-state index is 0.0262. The van der Waals surface area contributed by atoms with E-state index in [4.69, 9.17) is 10.3 Å². The zero-order valence-corrected chi connectivity index (χ0v) is 12.6. The summed E-state index contributed by atoms with van der Waals surface area (Å²) in [6.07, 6.45) is 5.01. The Morgan fingerprint density at radius 2 is 2.10 bits per heavy atom. The summed E-state index contributed by atoms with van der Waals surface area (Å²) in [5.74, 6) is 1.16. The van der Waals surface area contributed by atoms with Crippen molar-refractivity contribution in [1.82, 2.24) is 15.1 Å². The zero-order chi connectivity index (χ0) is 14.8. The van der Waals surface area contributed by atoms with Crippen LogP contribution in [0, 0.1) is 12.3 Å². The Kier molecular flexibility index (Phi) is 4.18. The van der Waals surface area contributed by atoms with Crippen molar-refractivity contribution in [3.8, 4) is 11.4 Å². The van der Waals surface area contributed by atoms with Crippen LogP contribution in [0.1, 0.15) is 38.6 Å². The first-order valence-electron chi connectivity index (χ1n) is 6.84. The highest BCUT2D eigenvalue weighted by molar-refractivity contribution is 5.57. The molecule has 0 saturated carbocycles. The molecule has 0 saturated heterocycles. The molecular weight excluding hydrogens is 252 g/mol. The van der Waals surface area contributed by atoms with E-state index < -0.39 is 0 Å². The Bertz CT molecular complexity index is 571. The molecule has 1 unspecified atom stereocenters. The maximum absolute atomic E-state index is 6.13. The van der Waals surface area contributed by atoms with Crippen LogP contribution < -0.4 is 5.73 Å². The van der Waals surface area contributed by atoms with Gasteiger partial charge < -0.3 is 10.3 Å². The third kappa shape index (κ3) is 3.87. The van der Waals surface area contributed by atoms with Gasteiger partial charge in [0.15, 0.2) is 0 Å². The van der Waals surface area contributed by atoms with E-state index in [2.05, 4.69) is 35.9 Å². The molecular formula is C15H22N4O. The molecule has 0 radical (unpaired) electrons. The molecule has 2 N–H and O–H groups in total. The van der Waals surface area contributed by atoms with Gasteiger partial charge in [-0.15, -0.1) is 0 Å². The van der Waals surface area contributed by atoms with Crippen LogP contribution in [0.3, 0.4) is 0 Å². The average Bonchev–Trinajstić information content (AvgIpc) is 2.75. The first-order chi connectivity index (χ1) is 9.35. The van der Waals surface area contributed by atoms with Crippen LogP contribution in [0.5, 0.6) is 0 Å². The van der Waals surface area contributed by atoms with E-state index in [0.717, 1.165) is 17.5 Å². The fourth-order valence-corrected chi connectivity index (χ4v) is 2.23. The van der Waals surface area contributed by atoms with E-state index in [0.29, 0.717) is 18.1 Å². The minimum atomic E-state index is 0.0262. The molecule has 0 spiro atoms. The van der Waals surface area contributed by atoms with Gasteiger partial charge in [0.1, 0.15) is 0 Å². The van der Waals surface area contributed by atoms with E-state index in [9.17, 15) is 0 Å². The second-order valence-corrected chi connectivity index (χ2v) is 6.43. The highest BCUT2D eigenvalue weighted by atomic mass is 16.5. The van der Waals surface area contributed by atoms with Crippen molar-refractivity contribution in [2.45, 2.75) is 46.6 Å². The van der Waals surface area contributed by atoms with Gasteiger partial charge in [-0.2, -0.15) is 4.98 Å². The van der Waals surface area contributed by atoms with Gasteiger partial charge in [0.25, 0.3) is 0 Å². The van der Waals surface area contributed by atoms with E-state index in [1.807, 2.05) is 13.0 Å².